The maximum absolute atomic E-state index is 13.4. The van der Waals surface area contributed by atoms with Gasteiger partial charge in [-0.05, 0) is 73.7 Å². The molecule has 0 radical (unpaired) electrons. The van der Waals surface area contributed by atoms with Crippen LogP contribution in [0.3, 0.4) is 0 Å². The molecule has 0 aromatic rings. The maximum Gasteiger partial charge on any atom is 0.167 e. The number of allylic oxidation sites excluding steroid dienone is 8. The quantitative estimate of drug-likeness (QED) is 0.391. The Morgan fingerprint density at radius 2 is 0.875 bits per heavy atom. The van der Waals surface area contributed by atoms with Crippen LogP contribution >= 0.6 is 0 Å². The summed E-state index contributed by atoms with van der Waals surface area (Å²) in [5, 5.41) is 0. The van der Waals surface area contributed by atoms with Crippen molar-refractivity contribution in [3.05, 3.63) is 45.8 Å². The number of hydrogen-bond donors (Lipinski definition) is 0. The summed E-state index contributed by atoms with van der Waals surface area (Å²) in [6.07, 6.45) is 10.3. The van der Waals surface area contributed by atoms with Crippen LogP contribution in [0.1, 0.15) is 64.2 Å². The lowest BCUT2D eigenvalue weighted by Gasteiger charge is -2.35. The summed E-state index contributed by atoms with van der Waals surface area (Å²) in [6.45, 7) is 6.15. The van der Waals surface area contributed by atoms with Crippen molar-refractivity contribution in [1.82, 2.24) is 9.80 Å². The number of Topliss-reactive ketones (excluding diaryl/α,β-unsaturated/α-hetero) is 4. The number of carbonyl (C=O) groups excluding carboxylic acids is 4. The Kier molecular flexibility index (Phi) is 8.17. The first-order valence-electron chi connectivity index (χ1n) is 15.1. The number of carbonyl (C=O) groups is 4. The van der Waals surface area contributed by atoms with Crippen LogP contribution in [0, 0.1) is 11.8 Å². The molecule has 0 spiro atoms. The van der Waals surface area contributed by atoms with Crippen LogP contribution in [0.15, 0.2) is 45.8 Å². The highest BCUT2D eigenvalue weighted by Crippen LogP contribution is 2.40. The second-order valence-electron chi connectivity index (χ2n) is 12.0. The number of hydrogen-bond acceptors (Lipinski definition) is 8. The van der Waals surface area contributed by atoms with Crippen LogP contribution in [0.5, 0.6) is 0 Å². The largest absolute Gasteiger partial charge is 0.378 e. The second-order valence-corrected chi connectivity index (χ2v) is 12.0. The van der Waals surface area contributed by atoms with Crippen LogP contribution in [0.25, 0.3) is 0 Å². The van der Waals surface area contributed by atoms with Gasteiger partial charge in [0.15, 0.2) is 23.1 Å². The topological polar surface area (TPSA) is 93.2 Å². The van der Waals surface area contributed by atoms with Crippen molar-refractivity contribution in [1.29, 1.82) is 0 Å². The third kappa shape index (κ3) is 5.66. The molecule has 214 valence electrons. The molecule has 0 aromatic carbocycles. The number of ether oxygens (including phenoxy) is 2. The Labute approximate surface area is 236 Å². The van der Waals surface area contributed by atoms with Crippen molar-refractivity contribution in [3.8, 4) is 0 Å². The lowest BCUT2D eigenvalue weighted by Crippen LogP contribution is -2.38. The van der Waals surface area contributed by atoms with E-state index >= 15 is 0 Å². The molecule has 2 aliphatic heterocycles. The van der Waals surface area contributed by atoms with E-state index in [1.807, 2.05) is 0 Å². The van der Waals surface area contributed by atoms with Gasteiger partial charge in [-0.25, -0.2) is 0 Å². The minimum absolute atomic E-state index is 0.120. The Morgan fingerprint density at radius 1 is 0.525 bits per heavy atom. The van der Waals surface area contributed by atoms with Gasteiger partial charge in [0.25, 0.3) is 0 Å². The smallest absolute Gasteiger partial charge is 0.167 e. The molecule has 8 nitrogen and oxygen atoms in total. The molecule has 2 saturated carbocycles. The molecule has 0 amide bonds. The maximum atomic E-state index is 13.4. The van der Waals surface area contributed by atoms with E-state index < -0.39 is 0 Å². The molecule has 6 aliphatic rings. The van der Waals surface area contributed by atoms with Gasteiger partial charge < -0.3 is 19.3 Å². The second kappa shape index (κ2) is 12.0. The Morgan fingerprint density at radius 3 is 1.23 bits per heavy atom. The monoisotopic (exact) mass is 548 g/mol. The van der Waals surface area contributed by atoms with Gasteiger partial charge in [-0.2, -0.15) is 0 Å². The van der Waals surface area contributed by atoms with E-state index in [0.29, 0.717) is 37.6 Å². The predicted octanol–water partition coefficient (Wildman–Crippen LogP) is 3.48. The third-order valence-electron chi connectivity index (χ3n) is 9.49. The summed E-state index contributed by atoms with van der Waals surface area (Å²) < 4.78 is 10.9. The first kappa shape index (κ1) is 27.3. The lowest BCUT2D eigenvalue weighted by atomic mass is 9.68. The van der Waals surface area contributed by atoms with Crippen molar-refractivity contribution in [3.63, 3.8) is 0 Å². The molecule has 4 fully saturated rings. The third-order valence-corrected chi connectivity index (χ3v) is 9.49. The van der Waals surface area contributed by atoms with Gasteiger partial charge in [-0.15, -0.1) is 0 Å². The van der Waals surface area contributed by atoms with Gasteiger partial charge in [0.05, 0.1) is 37.6 Å². The first-order valence-corrected chi connectivity index (χ1v) is 15.1. The molecular formula is C32H40N2O6. The molecule has 0 aromatic heterocycles. The average Bonchev–Trinajstić information content (AvgIpc) is 2.98. The summed E-state index contributed by atoms with van der Waals surface area (Å²) in [4.78, 5) is 58.0. The fraction of sp³-hybridized carbons (Fsp3) is 0.625. The van der Waals surface area contributed by atoms with E-state index in [2.05, 4.69) is 22.0 Å². The van der Waals surface area contributed by atoms with E-state index in [-0.39, 0.29) is 60.7 Å². The fourth-order valence-electron chi connectivity index (χ4n) is 7.40. The van der Waals surface area contributed by atoms with Crippen LogP contribution in [0.2, 0.25) is 0 Å². The number of nitrogens with zero attached hydrogens (tertiary/aromatic N) is 2. The number of morpholine rings is 2. The van der Waals surface area contributed by atoms with Gasteiger partial charge in [0.2, 0.25) is 0 Å². The van der Waals surface area contributed by atoms with Gasteiger partial charge in [0.1, 0.15) is 0 Å². The highest BCUT2D eigenvalue weighted by atomic mass is 16.5. The SMILES string of the molecule is O=C1CC(C2CC(=O)C(=C3C=C(N4CCOCC4)CCC3)C(=O)C2)CC(=O)C1=C1C=C(N2CCOCC2)CCC1. The van der Waals surface area contributed by atoms with E-state index in [1.54, 1.807) is 0 Å². The summed E-state index contributed by atoms with van der Waals surface area (Å²) in [6, 6.07) is 0. The van der Waals surface area contributed by atoms with Crippen molar-refractivity contribution in [2.75, 3.05) is 52.6 Å². The Bertz CT molecular complexity index is 1080. The van der Waals surface area contributed by atoms with Gasteiger partial charge in [-0.1, -0.05) is 0 Å². The van der Waals surface area contributed by atoms with Crippen LogP contribution in [-0.4, -0.2) is 85.5 Å². The minimum Gasteiger partial charge on any atom is -0.378 e. The zero-order chi connectivity index (χ0) is 27.6. The number of rotatable bonds is 3. The molecule has 0 unspecified atom stereocenters. The highest BCUT2D eigenvalue weighted by molar-refractivity contribution is 6.24. The molecule has 4 aliphatic carbocycles. The van der Waals surface area contributed by atoms with E-state index in [9.17, 15) is 19.2 Å². The lowest BCUT2D eigenvalue weighted by molar-refractivity contribution is -0.131. The fourth-order valence-corrected chi connectivity index (χ4v) is 7.40. The zero-order valence-electron chi connectivity index (χ0n) is 23.4. The standard InChI is InChI=1S/C32H40N2O6/c35-27-17-23(18-28(36)31(27)21-3-1-5-25(15-21)33-7-11-39-12-8-33)24-19-29(37)32(30(38)20-24)22-4-2-6-26(16-22)34-9-13-40-14-10-34/h15-16,23-24H,1-14,17-20H2. The van der Waals surface area contributed by atoms with Gasteiger partial charge in [-0.3, -0.25) is 19.2 Å². The molecule has 6 rings (SSSR count). The van der Waals surface area contributed by atoms with E-state index in [1.165, 1.54) is 11.4 Å². The van der Waals surface area contributed by atoms with Crippen molar-refractivity contribution < 1.29 is 28.7 Å². The molecule has 2 heterocycles. The zero-order valence-corrected chi connectivity index (χ0v) is 23.4. The highest BCUT2D eigenvalue weighted by Gasteiger charge is 2.42. The van der Waals surface area contributed by atoms with Crippen LogP contribution in [-0.2, 0) is 28.7 Å². The van der Waals surface area contributed by atoms with Crippen molar-refractivity contribution in [2.45, 2.75) is 64.2 Å². The number of ketones is 4. The Hall–Kier alpha value is -2.84. The van der Waals surface area contributed by atoms with Crippen LogP contribution in [0.4, 0.5) is 0 Å². The minimum atomic E-state index is -0.249. The molecule has 40 heavy (non-hydrogen) atoms. The molecule has 8 heteroatoms. The summed E-state index contributed by atoms with van der Waals surface area (Å²) >= 11 is 0. The van der Waals surface area contributed by atoms with Gasteiger partial charge >= 0.3 is 0 Å². The van der Waals surface area contributed by atoms with Crippen molar-refractivity contribution in [2.24, 2.45) is 11.8 Å². The molecule has 2 saturated heterocycles. The predicted molar refractivity (Wildman–Crippen MR) is 148 cm³/mol. The summed E-state index contributed by atoms with van der Waals surface area (Å²) in [5.41, 5.74) is 4.84. The van der Waals surface area contributed by atoms with Crippen molar-refractivity contribution >= 4 is 23.1 Å². The van der Waals surface area contributed by atoms with Gasteiger partial charge in [0, 0.05) is 63.3 Å². The molecular weight excluding hydrogens is 508 g/mol. The summed E-state index contributed by atoms with van der Waals surface area (Å²) in [7, 11) is 0. The van der Waals surface area contributed by atoms with E-state index in [4.69, 9.17) is 9.47 Å². The van der Waals surface area contributed by atoms with E-state index in [0.717, 1.165) is 75.9 Å². The average molecular weight is 549 g/mol. The normalized spacial score (nSPS) is 29.2. The molecule has 0 atom stereocenters. The first-order chi connectivity index (χ1) is 19.5. The summed E-state index contributed by atoms with van der Waals surface area (Å²) in [5.74, 6) is -0.979. The van der Waals surface area contributed by atoms with Crippen LogP contribution < -0.4 is 0 Å². The molecule has 0 N–H and O–H groups in total. The Balaban J connectivity index is 1.16. The molecule has 0 bridgehead atoms.